The highest BCUT2D eigenvalue weighted by Gasteiger charge is 2.46. The molecule has 0 saturated carbocycles. The number of amides is 1. The Morgan fingerprint density at radius 3 is 2.38 bits per heavy atom. The van der Waals surface area contributed by atoms with Crippen LogP contribution in [0, 0.1) is 5.92 Å². The van der Waals surface area contributed by atoms with Crippen LogP contribution >= 0.6 is 11.6 Å². The number of aliphatic hydroxyl groups is 1. The third kappa shape index (κ3) is 5.54. The third-order valence-electron chi connectivity index (χ3n) is 5.65. The number of rotatable bonds is 10. The number of ether oxygens (including phenoxy) is 3. The fourth-order valence-corrected chi connectivity index (χ4v) is 3.91. The lowest BCUT2D eigenvalue weighted by Gasteiger charge is -2.25. The number of hydrogen-bond donors (Lipinski definition) is 1. The molecule has 0 spiro atoms. The molecule has 8 heteroatoms. The molecule has 1 aliphatic rings. The van der Waals surface area contributed by atoms with Crippen LogP contribution in [0.3, 0.4) is 0 Å². The van der Waals surface area contributed by atoms with E-state index in [0.717, 1.165) is 6.42 Å². The molecule has 0 radical (unpaired) electrons. The lowest BCUT2D eigenvalue weighted by atomic mass is 9.95. The average Bonchev–Trinajstić information content (AvgIpc) is 3.07. The van der Waals surface area contributed by atoms with Crippen LogP contribution in [-0.4, -0.2) is 55.7 Å². The third-order valence-corrected chi connectivity index (χ3v) is 5.90. The van der Waals surface area contributed by atoms with Crippen molar-refractivity contribution in [3.63, 3.8) is 0 Å². The van der Waals surface area contributed by atoms with Gasteiger partial charge in [0.2, 0.25) is 0 Å². The summed E-state index contributed by atoms with van der Waals surface area (Å²) < 4.78 is 16.6. The van der Waals surface area contributed by atoms with Crippen molar-refractivity contribution in [2.24, 2.45) is 5.92 Å². The van der Waals surface area contributed by atoms with Crippen LogP contribution in [0.4, 0.5) is 0 Å². The first-order chi connectivity index (χ1) is 16.3. The highest BCUT2D eigenvalue weighted by molar-refractivity contribution is 6.46. The van der Waals surface area contributed by atoms with Crippen molar-refractivity contribution in [1.29, 1.82) is 0 Å². The maximum atomic E-state index is 13.0. The zero-order valence-electron chi connectivity index (χ0n) is 19.8. The van der Waals surface area contributed by atoms with E-state index in [-0.39, 0.29) is 24.5 Å². The molecule has 182 valence electrons. The molecule has 2 aromatic carbocycles. The van der Waals surface area contributed by atoms with E-state index in [0.29, 0.717) is 40.2 Å². The minimum atomic E-state index is -0.815. The molecule has 0 bridgehead atoms. The van der Waals surface area contributed by atoms with Crippen LogP contribution < -0.4 is 9.47 Å². The molecule has 0 aromatic heterocycles. The number of carbonyl (C=O) groups is 2. The van der Waals surface area contributed by atoms with E-state index in [1.165, 1.54) is 19.1 Å². The molecular weight excluding hydrogens is 458 g/mol. The predicted molar refractivity (Wildman–Crippen MR) is 130 cm³/mol. The van der Waals surface area contributed by atoms with E-state index >= 15 is 0 Å². The zero-order chi connectivity index (χ0) is 24.8. The largest absolute Gasteiger partial charge is 0.507 e. The number of Topliss-reactive ketones (excluding diaryl/α,β-unsaturated/α-hetero) is 1. The van der Waals surface area contributed by atoms with Crippen molar-refractivity contribution in [2.45, 2.75) is 26.3 Å². The quantitative estimate of drug-likeness (QED) is 0.293. The Kier molecular flexibility index (Phi) is 8.58. The number of carbonyl (C=O) groups excluding carboxylic acids is 2. The van der Waals surface area contributed by atoms with E-state index in [4.69, 9.17) is 25.8 Å². The highest BCUT2D eigenvalue weighted by atomic mass is 35.5. The van der Waals surface area contributed by atoms with Gasteiger partial charge in [-0.1, -0.05) is 31.5 Å². The van der Waals surface area contributed by atoms with E-state index in [1.54, 1.807) is 42.5 Å². The monoisotopic (exact) mass is 487 g/mol. The Hall–Kier alpha value is -3.03. The number of benzene rings is 2. The normalized spacial score (nSPS) is 17.5. The Morgan fingerprint density at radius 1 is 1.06 bits per heavy atom. The van der Waals surface area contributed by atoms with Gasteiger partial charge in [-0.05, 0) is 54.3 Å². The Bertz CT molecular complexity index is 1060. The van der Waals surface area contributed by atoms with Gasteiger partial charge in [-0.2, -0.15) is 0 Å². The number of halogens is 1. The standard InChI is InChI=1S/C26H30ClNO6/c1-16(2)11-13-34-20-10-7-18(15-21(20)33-4)23-22(24(29)17-5-8-19(27)9-6-17)25(30)26(31)28(23)12-14-32-3/h5-10,15-16,23,29H,11-14H2,1-4H3/b24-22-. The van der Waals surface area contributed by atoms with Crippen LogP contribution in [-0.2, 0) is 14.3 Å². The first kappa shape index (κ1) is 25.6. The molecule has 2 aromatic rings. The number of hydrogen-bond acceptors (Lipinski definition) is 6. The van der Waals surface area contributed by atoms with Gasteiger partial charge in [0.1, 0.15) is 5.76 Å². The molecule has 0 aliphatic carbocycles. The van der Waals surface area contributed by atoms with Crippen molar-refractivity contribution in [3.8, 4) is 11.5 Å². The lowest BCUT2D eigenvalue weighted by Crippen LogP contribution is -2.32. The van der Waals surface area contributed by atoms with E-state index in [1.807, 2.05) is 0 Å². The highest BCUT2D eigenvalue weighted by Crippen LogP contribution is 2.42. The first-order valence-corrected chi connectivity index (χ1v) is 11.5. The summed E-state index contributed by atoms with van der Waals surface area (Å²) in [6.45, 7) is 5.19. The van der Waals surface area contributed by atoms with Gasteiger partial charge < -0.3 is 24.2 Å². The van der Waals surface area contributed by atoms with Crippen molar-refractivity contribution in [1.82, 2.24) is 4.90 Å². The molecule has 7 nitrogen and oxygen atoms in total. The van der Waals surface area contributed by atoms with Crippen LogP contribution in [0.15, 0.2) is 48.0 Å². The Morgan fingerprint density at radius 2 is 1.76 bits per heavy atom. The van der Waals surface area contributed by atoms with Gasteiger partial charge in [-0.3, -0.25) is 9.59 Å². The van der Waals surface area contributed by atoms with Gasteiger partial charge in [0.25, 0.3) is 11.7 Å². The van der Waals surface area contributed by atoms with Crippen molar-refractivity contribution in [2.75, 3.05) is 34.0 Å². The summed E-state index contributed by atoms with van der Waals surface area (Å²) in [7, 11) is 3.05. The second-order valence-corrected chi connectivity index (χ2v) is 8.87. The molecule has 1 saturated heterocycles. The smallest absolute Gasteiger partial charge is 0.295 e. The van der Waals surface area contributed by atoms with Gasteiger partial charge in [-0.25, -0.2) is 0 Å². The molecule has 1 atom stereocenters. The molecule has 1 fully saturated rings. The summed E-state index contributed by atoms with van der Waals surface area (Å²) in [5.74, 6) is -0.183. The summed E-state index contributed by atoms with van der Waals surface area (Å²) in [6, 6.07) is 10.9. The maximum absolute atomic E-state index is 13.0. The maximum Gasteiger partial charge on any atom is 0.295 e. The Balaban J connectivity index is 2.07. The minimum absolute atomic E-state index is 0.000968. The average molecular weight is 488 g/mol. The van der Waals surface area contributed by atoms with E-state index < -0.39 is 17.7 Å². The van der Waals surface area contributed by atoms with Crippen LogP contribution in [0.5, 0.6) is 11.5 Å². The van der Waals surface area contributed by atoms with Gasteiger partial charge in [0, 0.05) is 24.2 Å². The van der Waals surface area contributed by atoms with Gasteiger partial charge in [-0.15, -0.1) is 0 Å². The topological polar surface area (TPSA) is 85.3 Å². The lowest BCUT2D eigenvalue weighted by molar-refractivity contribution is -0.140. The predicted octanol–water partition coefficient (Wildman–Crippen LogP) is 4.84. The van der Waals surface area contributed by atoms with Gasteiger partial charge in [0.15, 0.2) is 11.5 Å². The molecule has 34 heavy (non-hydrogen) atoms. The molecule has 1 amide bonds. The summed E-state index contributed by atoms with van der Waals surface area (Å²) in [4.78, 5) is 27.4. The van der Waals surface area contributed by atoms with Crippen molar-refractivity contribution in [3.05, 3.63) is 64.2 Å². The minimum Gasteiger partial charge on any atom is -0.507 e. The number of methoxy groups -OCH3 is 2. The summed E-state index contributed by atoms with van der Waals surface area (Å²) in [6.07, 6.45) is 0.892. The Labute approximate surface area is 204 Å². The number of ketones is 1. The zero-order valence-corrected chi connectivity index (χ0v) is 20.6. The second-order valence-electron chi connectivity index (χ2n) is 8.43. The summed E-state index contributed by atoms with van der Waals surface area (Å²) in [5, 5.41) is 11.6. The number of nitrogens with zero attached hydrogens (tertiary/aromatic N) is 1. The molecule has 1 unspecified atom stereocenters. The van der Waals surface area contributed by atoms with Crippen LogP contribution in [0.25, 0.3) is 5.76 Å². The molecule has 1 heterocycles. The van der Waals surface area contributed by atoms with Gasteiger partial charge in [0.05, 0.1) is 31.9 Å². The molecular formula is C26H30ClNO6. The molecule has 1 N–H and O–H groups in total. The SMILES string of the molecule is COCCN1C(=O)C(=O)/C(=C(\O)c2ccc(Cl)cc2)C1c1ccc(OCCC(C)C)c(OC)c1. The van der Waals surface area contributed by atoms with E-state index in [9.17, 15) is 14.7 Å². The molecule has 1 aliphatic heterocycles. The number of likely N-dealkylation sites (tertiary alicyclic amines) is 1. The fourth-order valence-electron chi connectivity index (χ4n) is 3.79. The second kappa shape index (κ2) is 11.4. The van der Waals surface area contributed by atoms with Crippen LogP contribution in [0.2, 0.25) is 5.02 Å². The fraction of sp³-hybridized carbons (Fsp3) is 0.385. The van der Waals surface area contributed by atoms with Gasteiger partial charge >= 0.3 is 0 Å². The van der Waals surface area contributed by atoms with Crippen LogP contribution in [0.1, 0.15) is 37.4 Å². The van der Waals surface area contributed by atoms with E-state index in [2.05, 4.69) is 13.8 Å². The van der Waals surface area contributed by atoms with Crippen molar-refractivity contribution >= 4 is 29.1 Å². The number of aliphatic hydroxyl groups excluding tert-OH is 1. The summed E-state index contributed by atoms with van der Waals surface area (Å²) >= 11 is 5.97. The first-order valence-electron chi connectivity index (χ1n) is 11.1. The molecule has 3 rings (SSSR count). The van der Waals surface area contributed by atoms with Crippen molar-refractivity contribution < 1.29 is 28.9 Å². The summed E-state index contributed by atoms with van der Waals surface area (Å²) in [5.41, 5.74) is 0.998.